The van der Waals surface area contributed by atoms with Gasteiger partial charge < -0.3 is 19.1 Å². The molecule has 1 N–H and O–H groups in total. The molecule has 2 aromatic rings. The molecule has 0 amide bonds. The number of benzene rings is 1. The van der Waals surface area contributed by atoms with Gasteiger partial charge in [0.15, 0.2) is 0 Å². The molecule has 0 fully saturated rings. The summed E-state index contributed by atoms with van der Waals surface area (Å²) in [5.41, 5.74) is -0.108. The number of nitrogens with zero attached hydrogens (tertiary/aromatic N) is 1. The second-order valence-electron chi connectivity index (χ2n) is 4.18. The highest BCUT2D eigenvalue weighted by atomic mass is 16.5. The van der Waals surface area contributed by atoms with Crippen molar-refractivity contribution in [3.63, 3.8) is 0 Å². The standard InChI is InChI=1S/C14H17NO4/c1-18-10-8-12-11(13(9-10)19-2)4-6-15(14(12)17)5-3-7-16/h4,6,8-9,16H,3,5,7H2,1-2H3. The molecule has 1 aromatic carbocycles. The fourth-order valence-corrected chi connectivity index (χ4v) is 2.04. The summed E-state index contributed by atoms with van der Waals surface area (Å²) >= 11 is 0. The van der Waals surface area contributed by atoms with Gasteiger partial charge in [0, 0.05) is 30.8 Å². The Hall–Kier alpha value is -2.01. The number of aliphatic hydroxyl groups excluding tert-OH is 1. The van der Waals surface area contributed by atoms with Crippen LogP contribution < -0.4 is 15.0 Å². The van der Waals surface area contributed by atoms with Crippen LogP contribution in [0.5, 0.6) is 11.5 Å². The van der Waals surface area contributed by atoms with Crippen molar-refractivity contribution in [2.45, 2.75) is 13.0 Å². The normalized spacial score (nSPS) is 10.7. The summed E-state index contributed by atoms with van der Waals surface area (Å²) in [6, 6.07) is 5.29. The van der Waals surface area contributed by atoms with Gasteiger partial charge >= 0.3 is 0 Å². The van der Waals surface area contributed by atoms with E-state index in [0.717, 1.165) is 5.39 Å². The predicted octanol–water partition coefficient (Wildman–Crippen LogP) is 1.40. The Kier molecular flexibility index (Phi) is 4.06. The summed E-state index contributed by atoms with van der Waals surface area (Å²) in [7, 11) is 3.11. The van der Waals surface area contributed by atoms with Crippen LogP contribution in [0.1, 0.15) is 6.42 Å². The second-order valence-corrected chi connectivity index (χ2v) is 4.18. The summed E-state index contributed by atoms with van der Waals surface area (Å²) in [5.74, 6) is 1.20. The molecular formula is C14H17NO4. The molecule has 2 rings (SSSR count). The largest absolute Gasteiger partial charge is 0.497 e. The van der Waals surface area contributed by atoms with Crippen molar-refractivity contribution in [2.24, 2.45) is 0 Å². The number of aromatic nitrogens is 1. The first-order chi connectivity index (χ1) is 9.21. The van der Waals surface area contributed by atoms with E-state index in [1.807, 2.05) is 6.07 Å². The Morgan fingerprint density at radius 2 is 2.00 bits per heavy atom. The zero-order valence-corrected chi connectivity index (χ0v) is 11.0. The van der Waals surface area contributed by atoms with E-state index in [4.69, 9.17) is 14.6 Å². The molecule has 5 heteroatoms. The van der Waals surface area contributed by atoms with Crippen molar-refractivity contribution in [3.05, 3.63) is 34.7 Å². The van der Waals surface area contributed by atoms with E-state index in [1.54, 1.807) is 37.1 Å². The third kappa shape index (κ3) is 2.56. The molecule has 0 saturated heterocycles. The molecule has 0 radical (unpaired) electrons. The average molecular weight is 263 g/mol. The van der Waals surface area contributed by atoms with Crippen LogP contribution in [0.25, 0.3) is 10.8 Å². The van der Waals surface area contributed by atoms with Gasteiger partial charge in [-0.05, 0) is 18.6 Å². The molecule has 0 aliphatic heterocycles. The third-order valence-electron chi connectivity index (χ3n) is 3.04. The van der Waals surface area contributed by atoms with E-state index in [1.165, 1.54) is 0 Å². The lowest BCUT2D eigenvalue weighted by Gasteiger charge is -2.11. The smallest absolute Gasteiger partial charge is 0.258 e. The highest BCUT2D eigenvalue weighted by Gasteiger charge is 2.09. The van der Waals surface area contributed by atoms with Crippen LogP contribution >= 0.6 is 0 Å². The van der Waals surface area contributed by atoms with E-state index in [2.05, 4.69) is 0 Å². The Labute approximate surface area is 111 Å². The maximum absolute atomic E-state index is 12.3. The van der Waals surface area contributed by atoms with Gasteiger partial charge in [-0.2, -0.15) is 0 Å². The van der Waals surface area contributed by atoms with Gasteiger partial charge in [-0.15, -0.1) is 0 Å². The molecule has 0 spiro atoms. The third-order valence-corrected chi connectivity index (χ3v) is 3.04. The first-order valence-electron chi connectivity index (χ1n) is 6.07. The summed E-state index contributed by atoms with van der Waals surface area (Å²) < 4.78 is 12.0. The van der Waals surface area contributed by atoms with Crippen molar-refractivity contribution < 1.29 is 14.6 Å². The van der Waals surface area contributed by atoms with E-state index in [9.17, 15) is 4.79 Å². The molecule has 0 unspecified atom stereocenters. The minimum absolute atomic E-state index is 0.0614. The van der Waals surface area contributed by atoms with Crippen molar-refractivity contribution in [1.82, 2.24) is 4.57 Å². The van der Waals surface area contributed by atoms with E-state index < -0.39 is 0 Å². The monoisotopic (exact) mass is 263 g/mol. The molecule has 0 aliphatic rings. The zero-order chi connectivity index (χ0) is 13.8. The van der Waals surface area contributed by atoms with Gasteiger partial charge in [0.25, 0.3) is 5.56 Å². The molecular weight excluding hydrogens is 246 g/mol. The Morgan fingerprint density at radius 3 is 2.63 bits per heavy atom. The molecule has 0 atom stereocenters. The van der Waals surface area contributed by atoms with Gasteiger partial charge in [-0.25, -0.2) is 0 Å². The number of aryl methyl sites for hydroxylation is 1. The van der Waals surface area contributed by atoms with Gasteiger partial charge in [0.2, 0.25) is 0 Å². The molecule has 0 aliphatic carbocycles. The van der Waals surface area contributed by atoms with Crippen LogP contribution in [0.3, 0.4) is 0 Å². The van der Waals surface area contributed by atoms with Crippen molar-refractivity contribution >= 4 is 10.8 Å². The van der Waals surface area contributed by atoms with Crippen molar-refractivity contribution in [2.75, 3.05) is 20.8 Å². The van der Waals surface area contributed by atoms with E-state index in [-0.39, 0.29) is 12.2 Å². The Bertz CT molecular complexity index is 633. The molecule has 1 heterocycles. The van der Waals surface area contributed by atoms with Gasteiger partial charge in [0.05, 0.1) is 19.6 Å². The summed E-state index contributed by atoms with van der Waals surface area (Å²) in [6.45, 7) is 0.552. The first kappa shape index (κ1) is 13.4. The molecule has 0 bridgehead atoms. The van der Waals surface area contributed by atoms with E-state index >= 15 is 0 Å². The van der Waals surface area contributed by atoms with Crippen LogP contribution in [0.2, 0.25) is 0 Å². The lowest BCUT2D eigenvalue weighted by molar-refractivity contribution is 0.279. The first-order valence-corrected chi connectivity index (χ1v) is 6.07. The highest BCUT2D eigenvalue weighted by Crippen LogP contribution is 2.28. The van der Waals surface area contributed by atoms with Gasteiger partial charge in [0.1, 0.15) is 11.5 Å². The fraction of sp³-hybridized carbons (Fsp3) is 0.357. The van der Waals surface area contributed by atoms with Gasteiger partial charge in [-0.1, -0.05) is 0 Å². The van der Waals surface area contributed by atoms with E-state index in [0.29, 0.717) is 29.9 Å². The summed E-state index contributed by atoms with van der Waals surface area (Å²) in [5, 5.41) is 10.2. The van der Waals surface area contributed by atoms with Crippen molar-refractivity contribution in [3.8, 4) is 11.5 Å². The summed E-state index contributed by atoms with van der Waals surface area (Å²) in [6.07, 6.45) is 2.27. The van der Waals surface area contributed by atoms with Crippen LogP contribution in [-0.2, 0) is 6.54 Å². The number of hydrogen-bond acceptors (Lipinski definition) is 4. The lowest BCUT2D eigenvalue weighted by Crippen LogP contribution is -2.20. The number of hydrogen-bond donors (Lipinski definition) is 1. The number of fused-ring (bicyclic) bond motifs is 1. The minimum Gasteiger partial charge on any atom is -0.497 e. The topological polar surface area (TPSA) is 60.7 Å². The summed E-state index contributed by atoms with van der Waals surface area (Å²) in [4.78, 5) is 12.3. The lowest BCUT2D eigenvalue weighted by atomic mass is 10.1. The van der Waals surface area contributed by atoms with Crippen LogP contribution in [0, 0.1) is 0 Å². The average Bonchev–Trinajstić information content (AvgIpc) is 2.45. The second kappa shape index (κ2) is 5.75. The quantitative estimate of drug-likeness (QED) is 0.885. The Balaban J connectivity index is 2.63. The number of pyridine rings is 1. The van der Waals surface area contributed by atoms with Crippen molar-refractivity contribution in [1.29, 1.82) is 0 Å². The molecule has 1 aromatic heterocycles. The molecule has 5 nitrogen and oxygen atoms in total. The van der Waals surface area contributed by atoms with Crippen LogP contribution in [0.4, 0.5) is 0 Å². The van der Waals surface area contributed by atoms with Gasteiger partial charge in [-0.3, -0.25) is 4.79 Å². The number of rotatable bonds is 5. The predicted molar refractivity (Wildman–Crippen MR) is 73.0 cm³/mol. The fourth-order valence-electron chi connectivity index (χ4n) is 2.04. The number of methoxy groups -OCH3 is 2. The minimum atomic E-state index is -0.108. The Morgan fingerprint density at radius 1 is 1.21 bits per heavy atom. The maximum Gasteiger partial charge on any atom is 0.258 e. The number of ether oxygens (including phenoxy) is 2. The number of aliphatic hydroxyl groups is 1. The van der Waals surface area contributed by atoms with Crippen LogP contribution in [0.15, 0.2) is 29.2 Å². The van der Waals surface area contributed by atoms with Crippen LogP contribution in [-0.4, -0.2) is 30.5 Å². The molecule has 102 valence electrons. The SMILES string of the molecule is COc1cc(OC)c2ccn(CCCO)c(=O)c2c1. The zero-order valence-electron chi connectivity index (χ0n) is 11.0. The molecule has 19 heavy (non-hydrogen) atoms. The molecule has 0 saturated carbocycles. The maximum atomic E-state index is 12.3. The highest BCUT2D eigenvalue weighted by molar-refractivity contribution is 5.89.